The van der Waals surface area contributed by atoms with Gasteiger partial charge in [-0.25, -0.2) is 0 Å². The third kappa shape index (κ3) is 4.16. The molecule has 1 aromatic rings. The number of carbonyl (C=O) groups is 1. The molecule has 0 bridgehead atoms. The molecule has 1 aromatic carbocycles. The van der Waals surface area contributed by atoms with Crippen LogP contribution in [-0.2, 0) is 0 Å². The van der Waals surface area contributed by atoms with Crippen molar-refractivity contribution in [2.45, 2.75) is 26.5 Å². The Labute approximate surface area is 137 Å². The van der Waals surface area contributed by atoms with Crippen LogP contribution in [0.3, 0.4) is 0 Å². The van der Waals surface area contributed by atoms with Crippen molar-refractivity contribution in [2.75, 3.05) is 26.2 Å². The molecular formula is C15H19BrF2N2O2. The van der Waals surface area contributed by atoms with Gasteiger partial charge in [-0.1, -0.05) is 15.9 Å². The van der Waals surface area contributed by atoms with E-state index in [4.69, 9.17) is 0 Å². The Bertz CT molecular complexity index is 532. The van der Waals surface area contributed by atoms with Crippen LogP contribution in [-0.4, -0.2) is 54.5 Å². The lowest BCUT2D eigenvalue weighted by Gasteiger charge is -2.37. The Morgan fingerprint density at radius 2 is 1.86 bits per heavy atom. The van der Waals surface area contributed by atoms with Crippen LogP contribution in [0.1, 0.15) is 24.2 Å². The van der Waals surface area contributed by atoms with E-state index in [0.717, 1.165) is 13.1 Å². The Morgan fingerprint density at radius 3 is 2.41 bits per heavy atom. The van der Waals surface area contributed by atoms with Crippen molar-refractivity contribution in [3.8, 4) is 5.75 Å². The predicted molar refractivity (Wildman–Crippen MR) is 83.4 cm³/mol. The number of ether oxygens (including phenoxy) is 1. The van der Waals surface area contributed by atoms with E-state index in [-0.39, 0.29) is 17.2 Å². The van der Waals surface area contributed by atoms with Crippen LogP contribution in [0, 0.1) is 0 Å². The van der Waals surface area contributed by atoms with Gasteiger partial charge in [0.2, 0.25) is 0 Å². The molecule has 122 valence electrons. The monoisotopic (exact) mass is 376 g/mol. The van der Waals surface area contributed by atoms with Gasteiger partial charge in [0, 0.05) is 36.7 Å². The van der Waals surface area contributed by atoms with Gasteiger partial charge in [0.25, 0.3) is 5.91 Å². The summed E-state index contributed by atoms with van der Waals surface area (Å²) in [7, 11) is 0. The molecule has 2 rings (SSSR count). The number of halogens is 3. The third-order valence-corrected chi connectivity index (χ3v) is 4.22. The zero-order valence-electron chi connectivity index (χ0n) is 12.6. The predicted octanol–water partition coefficient (Wildman–Crippen LogP) is 3.22. The van der Waals surface area contributed by atoms with E-state index < -0.39 is 6.61 Å². The fourth-order valence-corrected chi connectivity index (χ4v) is 2.82. The first-order valence-electron chi connectivity index (χ1n) is 7.16. The lowest BCUT2D eigenvalue weighted by molar-refractivity contribution is -0.0503. The minimum atomic E-state index is -2.96. The number of benzene rings is 1. The number of nitrogens with zero attached hydrogens (tertiary/aromatic N) is 2. The summed E-state index contributed by atoms with van der Waals surface area (Å²) >= 11 is 3.20. The van der Waals surface area contributed by atoms with E-state index in [1.807, 2.05) is 0 Å². The number of rotatable bonds is 4. The highest BCUT2D eigenvalue weighted by molar-refractivity contribution is 9.10. The van der Waals surface area contributed by atoms with E-state index in [1.165, 1.54) is 12.1 Å². The number of hydrogen-bond donors (Lipinski definition) is 0. The van der Waals surface area contributed by atoms with Gasteiger partial charge in [0.05, 0.1) is 5.56 Å². The van der Waals surface area contributed by atoms with Crippen molar-refractivity contribution in [3.63, 3.8) is 0 Å². The van der Waals surface area contributed by atoms with Crippen LogP contribution in [0.4, 0.5) is 8.78 Å². The van der Waals surface area contributed by atoms with Crippen LogP contribution in [0.2, 0.25) is 0 Å². The molecule has 1 amide bonds. The SMILES string of the molecule is CC(C)N1CCN(C(=O)c2ccc(Br)cc2OC(F)F)CC1. The summed E-state index contributed by atoms with van der Waals surface area (Å²) in [4.78, 5) is 16.5. The Morgan fingerprint density at radius 1 is 1.23 bits per heavy atom. The zero-order valence-corrected chi connectivity index (χ0v) is 14.1. The molecule has 7 heteroatoms. The molecule has 0 aromatic heterocycles. The van der Waals surface area contributed by atoms with Crippen LogP contribution >= 0.6 is 15.9 Å². The molecule has 0 unspecified atom stereocenters. The Balaban J connectivity index is 2.13. The lowest BCUT2D eigenvalue weighted by Crippen LogP contribution is -2.50. The quantitative estimate of drug-likeness (QED) is 0.808. The molecule has 1 aliphatic heterocycles. The molecule has 1 aliphatic rings. The van der Waals surface area contributed by atoms with E-state index in [2.05, 4.69) is 39.4 Å². The second kappa shape index (κ2) is 7.37. The maximum Gasteiger partial charge on any atom is 0.387 e. The minimum Gasteiger partial charge on any atom is -0.434 e. The van der Waals surface area contributed by atoms with E-state index >= 15 is 0 Å². The number of hydrogen-bond acceptors (Lipinski definition) is 3. The van der Waals surface area contributed by atoms with E-state index in [9.17, 15) is 13.6 Å². The fourth-order valence-electron chi connectivity index (χ4n) is 2.48. The van der Waals surface area contributed by atoms with Gasteiger partial charge in [0.15, 0.2) is 0 Å². The van der Waals surface area contributed by atoms with Gasteiger partial charge < -0.3 is 9.64 Å². The van der Waals surface area contributed by atoms with Gasteiger partial charge in [-0.15, -0.1) is 0 Å². The van der Waals surface area contributed by atoms with Crippen LogP contribution < -0.4 is 4.74 Å². The average molecular weight is 377 g/mol. The minimum absolute atomic E-state index is 0.0966. The number of alkyl halides is 2. The molecule has 0 aliphatic carbocycles. The van der Waals surface area contributed by atoms with Crippen molar-refractivity contribution < 1.29 is 18.3 Å². The summed E-state index contributed by atoms with van der Waals surface area (Å²) in [6.45, 7) is 4.00. The van der Waals surface area contributed by atoms with Crippen LogP contribution in [0.25, 0.3) is 0 Å². The normalized spacial score (nSPS) is 16.4. The second-order valence-corrected chi connectivity index (χ2v) is 6.36. The molecule has 4 nitrogen and oxygen atoms in total. The van der Waals surface area contributed by atoms with Gasteiger partial charge in [-0.05, 0) is 32.0 Å². The fraction of sp³-hybridized carbons (Fsp3) is 0.533. The highest BCUT2D eigenvalue weighted by atomic mass is 79.9. The summed E-state index contributed by atoms with van der Waals surface area (Å²) in [5, 5.41) is 0. The molecular weight excluding hydrogens is 358 g/mol. The first kappa shape index (κ1) is 17.1. The van der Waals surface area contributed by atoms with E-state index in [0.29, 0.717) is 23.6 Å². The van der Waals surface area contributed by atoms with Crippen molar-refractivity contribution in [2.24, 2.45) is 0 Å². The topological polar surface area (TPSA) is 32.8 Å². The van der Waals surface area contributed by atoms with Crippen molar-refractivity contribution >= 4 is 21.8 Å². The zero-order chi connectivity index (χ0) is 16.3. The van der Waals surface area contributed by atoms with E-state index in [1.54, 1.807) is 11.0 Å². The average Bonchev–Trinajstić information content (AvgIpc) is 2.46. The maximum atomic E-state index is 12.6. The second-order valence-electron chi connectivity index (χ2n) is 5.44. The summed E-state index contributed by atoms with van der Waals surface area (Å²) in [5.41, 5.74) is 0.168. The van der Waals surface area contributed by atoms with Gasteiger partial charge in [-0.2, -0.15) is 8.78 Å². The van der Waals surface area contributed by atoms with Gasteiger partial charge in [-0.3, -0.25) is 9.69 Å². The largest absolute Gasteiger partial charge is 0.434 e. The lowest BCUT2D eigenvalue weighted by atomic mass is 10.1. The summed E-state index contributed by atoms with van der Waals surface area (Å²) in [6, 6.07) is 4.99. The highest BCUT2D eigenvalue weighted by Gasteiger charge is 2.26. The standard InChI is InChI=1S/C15H19BrF2N2O2/c1-10(2)19-5-7-20(8-6-19)14(21)12-4-3-11(16)9-13(12)22-15(17)18/h3-4,9-10,15H,5-8H2,1-2H3. The molecule has 0 spiro atoms. The van der Waals surface area contributed by atoms with Crippen LogP contribution in [0.5, 0.6) is 5.75 Å². The Kier molecular flexibility index (Phi) is 5.74. The molecule has 0 saturated carbocycles. The number of carbonyl (C=O) groups excluding carboxylic acids is 1. The van der Waals surface area contributed by atoms with Crippen molar-refractivity contribution in [1.29, 1.82) is 0 Å². The summed E-state index contributed by atoms with van der Waals surface area (Å²) in [6.07, 6.45) is 0. The molecule has 1 heterocycles. The smallest absolute Gasteiger partial charge is 0.387 e. The molecule has 1 fully saturated rings. The molecule has 0 atom stereocenters. The molecule has 0 N–H and O–H groups in total. The number of amides is 1. The Hall–Kier alpha value is -1.21. The van der Waals surface area contributed by atoms with Crippen molar-refractivity contribution in [1.82, 2.24) is 9.80 Å². The van der Waals surface area contributed by atoms with Crippen LogP contribution in [0.15, 0.2) is 22.7 Å². The maximum absolute atomic E-state index is 12.6. The molecule has 22 heavy (non-hydrogen) atoms. The first-order valence-corrected chi connectivity index (χ1v) is 7.95. The highest BCUT2D eigenvalue weighted by Crippen LogP contribution is 2.27. The number of piperazine rings is 1. The molecule has 0 radical (unpaired) electrons. The van der Waals surface area contributed by atoms with Crippen molar-refractivity contribution in [3.05, 3.63) is 28.2 Å². The first-order chi connectivity index (χ1) is 10.4. The van der Waals surface area contributed by atoms with Gasteiger partial charge >= 0.3 is 6.61 Å². The summed E-state index contributed by atoms with van der Waals surface area (Å²) < 4.78 is 30.1. The van der Waals surface area contributed by atoms with Gasteiger partial charge in [0.1, 0.15) is 5.75 Å². The molecule has 1 saturated heterocycles. The summed E-state index contributed by atoms with van der Waals surface area (Å²) in [5.74, 6) is -0.368. The third-order valence-electron chi connectivity index (χ3n) is 3.72.